The summed E-state index contributed by atoms with van der Waals surface area (Å²) < 4.78 is 5.82. The molecule has 1 aliphatic heterocycles. The second-order valence-electron chi connectivity index (χ2n) is 10.8. The molecule has 0 spiro atoms. The number of nitrogens with one attached hydrogen (secondary N) is 1. The molecule has 0 atom stereocenters. The number of unbranched alkanes of at least 4 members (excludes halogenated alkanes) is 9. The molecule has 42 heavy (non-hydrogen) atoms. The molecule has 3 aromatic carbocycles. The predicted octanol–water partition coefficient (Wildman–Crippen LogP) is 8.15. The molecule has 0 unspecified atom stereocenters. The van der Waals surface area contributed by atoms with Crippen molar-refractivity contribution < 1.29 is 19.1 Å². The second kappa shape index (κ2) is 16.9. The van der Waals surface area contributed by atoms with Crippen LogP contribution in [0.5, 0.6) is 5.75 Å². The number of imide groups is 1. The highest BCUT2D eigenvalue weighted by molar-refractivity contribution is 6.33. The minimum absolute atomic E-state index is 0.0294. The first kappa shape index (κ1) is 30.7. The van der Waals surface area contributed by atoms with E-state index in [9.17, 15) is 14.4 Å². The first-order valence-corrected chi connectivity index (χ1v) is 15.3. The lowest BCUT2D eigenvalue weighted by Gasteiger charge is -2.07. The van der Waals surface area contributed by atoms with Gasteiger partial charge in [-0.15, -0.1) is 0 Å². The number of amides is 2. The summed E-state index contributed by atoms with van der Waals surface area (Å²) in [5.74, 6) is 0.0950. The van der Waals surface area contributed by atoms with Crippen LogP contribution in [0.2, 0.25) is 0 Å². The van der Waals surface area contributed by atoms with Crippen molar-refractivity contribution in [3.05, 3.63) is 113 Å². The van der Waals surface area contributed by atoms with Gasteiger partial charge in [0, 0.05) is 11.6 Å². The van der Waals surface area contributed by atoms with Crippen molar-refractivity contribution in [2.45, 2.75) is 70.6 Å². The zero-order valence-corrected chi connectivity index (χ0v) is 24.4. The minimum atomic E-state index is -0.366. The summed E-state index contributed by atoms with van der Waals surface area (Å²) in [4.78, 5) is 35.3. The fourth-order valence-corrected chi connectivity index (χ4v) is 5.06. The Morgan fingerprint density at radius 3 is 1.93 bits per heavy atom. The monoisotopic (exact) mass is 563 g/mol. The zero-order valence-electron chi connectivity index (χ0n) is 24.4. The highest BCUT2D eigenvalue weighted by Crippen LogP contribution is 2.22. The number of ether oxygens (including phenoxy) is 1. The molecular formula is C37H41NO4. The molecule has 0 aromatic heterocycles. The summed E-state index contributed by atoms with van der Waals surface area (Å²) in [6.07, 6.45) is 18.4. The number of carbonyl (C=O) groups is 3. The molecule has 1 N–H and O–H groups in total. The van der Waals surface area contributed by atoms with Gasteiger partial charge in [-0.1, -0.05) is 124 Å². The van der Waals surface area contributed by atoms with E-state index in [1.165, 1.54) is 69.4 Å². The van der Waals surface area contributed by atoms with Crippen LogP contribution in [0.3, 0.4) is 0 Å². The van der Waals surface area contributed by atoms with E-state index < -0.39 is 0 Å². The van der Waals surface area contributed by atoms with Crippen molar-refractivity contribution in [1.82, 2.24) is 5.32 Å². The topological polar surface area (TPSA) is 72.5 Å². The number of carbonyl (C=O) groups excluding carboxylic acids is 3. The summed E-state index contributed by atoms with van der Waals surface area (Å²) >= 11 is 0. The molecule has 218 valence electrons. The number of benzene rings is 3. The summed E-state index contributed by atoms with van der Waals surface area (Å²) in [6.45, 7) is 0.689. The normalized spacial score (nSPS) is 12.9. The Morgan fingerprint density at radius 1 is 0.690 bits per heavy atom. The molecule has 0 fully saturated rings. The van der Waals surface area contributed by atoms with Gasteiger partial charge in [-0.2, -0.15) is 0 Å². The van der Waals surface area contributed by atoms with Crippen molar-refractivity contribution in [2.75, 3.05) is 6.61 Å². The highest BCUT2D eigenvalue weighted by atomic mass is 16.5. The largest absolute Gasteiger partial charge is 0.494 e. The third-order valence-electron chi connectivity index (χ3n) is 7.52. The Kier molecular flexibility index (Phi) is 12.3. The van der Waals surface area contributed by atoms with Crippen LogP contribution >= 0.6 is 0 Å². The fourth-order valence-electron chi connectivity index (χ4n) is 5.06. The van der Waals surface area contributed by atoms with Gasteiger partial charge in [-0.25, -0.2) is 0 Å². The molecule has 1 aliphatic rings. The summed E-state index contributed by atoms with van der Waals surface area (Å²) in [5.41, 5.74) is 4.24. The van der Waals surface area contributed by atoms with Crippen LogP contribution in [0.15, 0.2) is 91.0 Å². The van der Waals surface area contributed by atoms with Crippen molar-refractivity contribution in [2.24, 2.45) is 0 Å². The Labute approximate surface area is 249 Å². The molecule has 0 aliphatic carbocycles. The maximum absolute atomic E-state index is 12.2. The quantitative estimate of drug-likeness (QED) is 0.0734. The molecule has 1 heterocycles. The molecule has 0 bridgehead atoms. The summed E-state index contributed by atoms with van der Waals surface area (Å²) in [7, 11) is 0. The van der Waals surface area contributed by atoms with E-state index in [1.807, 2.05) is 60.7 Å². The lowest BCUT2D eigenvalue weighted by Crippen LogP contribution is -2.21. The minimum Gasteiger partial charge on any atom is -0.494 e. The van der Waals surface area contributed by atoms with Gasteiger partial charge in [0.15, 0.2) is 5.78 Å². The fraction of sp³-hybridized carbons (Fsp3) is 0.324. The maximum Gasteiger partial charge on any atom is 0.258 e. The summed E-state index contributed by atoms with van der Waals surface area (Å²) in [6, 6.07) is 25.2. The number of hydrogen-bond donors (Lipinski definition) is 1. The zero-order chi connectivity index (χ0) is 29.4. The molecule has 3 aromatic rings. The van der Waals surface area contributed by atoms with Gasteiger partial charge in [0.05, 0.1) is 12.2 Å². The first-order chi connectivity index (χ1) is 20.6. The van der Waals surface area contributed by atoms with Gasteiger partial charge in [0.1, 0.15) is 5.75 Å². The van der Waals surface area contributed by atoms with Crippen molar-refractivity contribution in [3.8, 4) is 5.75 Å². The predicted molar refractivity (Wildman–Crippen MR) is 169 cm³/mol. The van der Waals surface area contributed by atoms with Crippen LogP contribution in [-0.4, -0.2) is 24.2 Å². The van der Waals surface area contributed by atoms with Gasteiger partial charge in [-0.05, 0) is 54.2 Å². The van der Waals surface area contributed by atoms with Gasteiger partial charge in [0.2, 0.25) is 0 Å². The van der Waals surface area contributed by atoms with Gasteiger partial charge in [0.25, 0.3) is 11.8 Å². The Balaban J connectivity index is 0.961. The SMILES string of the molecule is O=C1C=C(c2ccc(OCCCCCCCCCCCCc3ccc(C=CC(=O)c4ccccc4)cc3)cc2)C(=O)N1. The molecule has 5 heteroatoms. The van der Waals surface area contributed by atoms with Crippen LogP contribution in [0.1, 0.15) is 91.3 Å². The van der Waals surface area contributed by atoms with Gasteiger partial charge >= 0.3 is 0 Å². The molecular weight excluding hydrogens is 522 g/mol. The lowest BCUT2D eigenvalue weighted by atomic mass is 10.0. The second-order valence-corrected chi connectivity index (χ2v) is 10.8. The lowest BCUT2D eigenvalue weighted by molar-refractivity contribution is -0.123. The van der Waals surface area contributed by atoms with Crippen molar-refractivity contribution in [1.29, 1.82) is 0 Å². The van der Waals surface area contributed by atoms with E-state index in [1.54, 1.807) is 6.08 Å². The molecule has 0 radical (unpaired) electrons. The Bertz CT molecular complexity index is 1360. The van der Waals surface area contributed by atoms with Crippen LogP contribution in [0.25, 0.3) is 11.6 Å². The maximum atomic E-state index is 12.2. The number of rotatable bonds is 18. The van der Waals surface area contributed by atoms with E-state index in [-0.39, 0.29) is 17.6 Å². The van der Waals surface area contributed by atoms with E-state index >= 15 is 0 Å². The molecule has 5 nitrogen and oxygen atoms in total. The molecule has 4 rings (SSSR count). The average molecular weight is 564 g/mol. The van der Waals surface area contributed by atoms with E-state index in [4.69, 9.17) is 4.74 Å². The standard InChI is InChI=1S/C37H41NO4/c39-35(32-15-11-9-12-16-32)26-21-30-19-17-29(18-20-30)14-10-7-5-3-1-2-4-6-8-13-27-42-33-24-22-31(23-25-33)34-28-36(40)38-37(34)41/h9,11-12,15-26,28H,1-8,10,13-14,27H2,(H,38,40,41). The van der Waals surface area contributed by atoms with Crippen LogP contribution < -0.4 is 10.1 Å². The number of hydrogen-bond acceptors (Lipinski definition) is 4. The van der Waals surface area contributed by atoms with E-state index in [0.29, 0.717) is 17.7 Å². The van der Waals surface area contributed by atoms with Crippen LogP contribution in [0, 0.1) is 0 Å². The third-order valence-corrected chi connectivity index (χ3v) is 7.52. The molecule has 0 saturated heterocycles. The molecule has 0 saturated carbocycles. The van der Waals surface area contributed by atoms with Crippen molar-refractivity contribution in [3.63, 3.8) is 0 Å². The average Bonchev–Trinajstić information content (AvgIpc) is 3.36. The number of allylic oxidation sites excluding steroid dienone is 1. The summed E-state index contributed by atoms with van der Waals surface area (Å²) in [5, 5.41) is 2.26. The van der Waals surface area contributed by atoms with Crippen LogP contribution in [-0.2, 0) is 16.0 Å². The van der Waals surface area contributed by atoms with Crippen LogP contribution in [0.4, 0.5) is 0 Å². The van der Waals surface area contributed by atoms with Gasteiger partial charge in [-0.3, -0.25) is 19.7 Å². The number of aryl methyl sites for hydroxylation is 1. The molecule has 2 amide bonds. The van der Waals surface area contributed by atoms with E-state index in [2.05, 4.69) is 29.6 Å². The Morgan fingerprint density at radius 2 is 1.31 bits per heavy atom. The first-order valence-electron chi connectivity index (χ1n) is 15.3. The third kappa shape index (κ3) is 10.3. The number of ketones is 1. The highest BCUT2D eigenvalue weighted by Gasteiger charge is 2.21. The van der Waals surface area contributed by atoms with Crippen molar-refractivity contribution >= 4 is 29.2 Å². The van der Waals surface area contributed by atoms with E-state index in [0.717, 1.165) is 29.7 Å². The Hall–Kier alpha value is -4.25. The smallest absolute Gasteiger partial charge is 0.258 e. The van der Waals surface area contributed by atoms with Gasteiger partial charge < -0.3 is 4.74 Å².